The van der Waals surface area contributed by atoms with E-state index in [4.69, 9.17) is 10.8 Å². The fourth-order valence-electron chi connectivity index (χ4n) is 1.35. The van der Waals surface area contributed by atoms with Gasteiger partial charge in [-0.25, -0.2) is 0 Å². The Balaban J connectivity index is 2.62. The maximum Gasteiger partial charge on any atom is 0.305 e. The van der Waals surface area contributed by atoms with Crippen LogP contribution in [0.5, 0.6) is 0 Å². The molecule has 84 valence electrons. The lowest BCUT2D eigenvalue weighted by Gasteiger charge is -2.06. The number of rotatable bonds is 5. The van der Waals surface area contributed by atoms with E-state index in [-0.39, 0.29) is 6.42 Å². The van der Waals surface area contributed by atoms with Crippen molar-refractivity contribution in [2.45, 2.75) is 32.9 Å². The van der Waals surface area contributed by atoms with Crippen LogP contribution in [0.15, 0.2) is 12.4 Å². The van der Waals surface area contributed by atoms with Gasteiger partial charge in [-0.15, -0.1) is 0 Å². The van der Waals surface area contributed by atoms with Crippen molar-refractivity contribution in [2.24, 2.45) is 11.7 Å². The lowest BCUT2D eigenvalue weighted by atomic mass is 10.1. The van der Waals surface area contributed by atoms with Crippen molar-refractivity contribution in [1.82, 2.24) is 9.78 Å². The summed E-state index contributed by atoms with van der Waals surface area (Å²) in [6, 6.07) is -0.469. The van der Waals surface area contributed by atoms with Gasteiger partial charge in [-0.1, -0.05) is 13.8 Å². The Morgan fingerprint density at radius 1 is 1.67 bits per heavy atom. The molecule has 1 heterocycles. The highest BCUT2D eigenvalue weighted by molar-refractivity contribution is 5.67. The van der Waals surface area contributed by atoms with Crippen molar-refractivity contribution in [1.29, 1.82) is 0 Å². The van der Waals surface area contributed by atoms with Crippen LogP contribution < -0.4 is 5.73 Å². The monoisotopic (exact) mass is 211 g/mol. The number of aliphatic carboxylic acids is 1. The highest BCUT2D eigenvalue weighted by Crippen LogP contribution is 2.13. The van der Waals surface area contributed by atoms with Crippen LogP contribution in [0, 0.1) is 5.92 Å². The van der Waals surface area contributed by atoms with Crippen LogP contribution in [0.1, 0.15) is 31.9 Å². The smallest absolute Gasteiger partial charge is 0.305 e. The van der Waals surface area contributed by atoms with Crippen LogP contribution in [-0.2, 0) is 11.3 Å². The van der Waals surface area contributed by atoms with Crippen LogP contribution in [0.3, 0.4) is 0 Å². The van der Waals surface area contributed by atoms with Gasteiger partial charge in [-0.05, 0) is 5.92 Å². The van der Waals surface area contributed by atoms with Crippen molar-refractivity contribution < 1.29 is 9.90 Å². The van der Waals surface area contributed by atoms with E-state index in [0.717, 1.165) is 12.1 Å². The second-order valence-corrected chi connectivity index (χ2v) is 4.09. The molecular formula is C10H17N3O2. The number of aromatic nitrogens is 2. The predicted octanol–water partition coefficient (Wildman–Crippen LogP) is 1.01. The molecule has 0 saturated carbocycles. The van der Waals surface area contributed by atoms with Gasteiger partial charge < -0.3 is 10.8 Å². The molecule has 0 aromatic carbocycles. The van der Waals surface area contributed by atoms with E-state index in [0.29, 0.717) is 5.92 Å². The molecule has 1 aromatic rings. The summed E-state index contributed by atoms with van der Waals surface area (Å²) in [5.74, 6) is -0.382. The molecule has 1 unspecified atom stereocenters. The standard InChI is InChI=1S/C10H17N3O2/c1-7(2)5-13-6-8(4-12-13)9(11)3-10(14)15/h4,6-7,9H,3,5,11H2,1-2H3,(H,14,15). The van der Waals surface area contributed by atoms with E-state index in [1.54, 1.807) is 10.9 Å². The van der Waals surface area contributed by atoms with Crippen molar-refractivity contribution >= 4 is 5.97 Å². The van der Waals surface area contributed by atoms with E-state index < -0.39 is 12.0 Å². The van der Waals surface area contributed by atoms with Crippen molar-refractivity contribution in [2.75, 3.05) is 0 Å². The number of hydrogen-bond acceptors (Lipinski definition) is 3. The molecule has 0 spiro atoms. The summed E-state index contributed by atoms with van der Waals surface area (Å²) < 4.78 is 1.79. The summed E-state index contributed by atoms with van der Waals surface area (Å²) in [5.41, 5.74) is 6.48. The SMILES string of the molecule is CC(C)Cn1cc(C(N)CC(=O)O)cn1. The number of hydrogen-bond donors (Lipinski definition) is 2. The maximum atomic E-state index is 10.5. The third-order valence-electron chi connectivity index (χ3n) is 2.03. The highest BCUT2D eigenvalue weighted by Gasteiger charge is 2.12. The molecule has 0 bridgehead atoms. The Morgan fingerprint density at radius 2 is 2.33 bits per heavy atom. The first kappa shape index (κ1) is 11.7. The van der Waals surface area contributed by atoms with Crippen molar-refractivity contribution in [3.8, 4) is 0 Å². The molecule has 1 atom stereocenters. The zero-order valence-electron chi connectivity index (χ0n) is 9.05. The first-order valence-electron chi connectivity index (χ1n) is 4.98. The molecule has 0 aliphatic rings. The van der Waals surface area contributed by atoms with E-state index in [9.17, 15) is 4.79 Å². The average Bonchev–Trinajstić information content (AvgIpc) is 2.50. The van der Waals surface area contributed by atoms with Gasteiger partial charge >= 0.3 is 5.97 Å². The van der Waals surface area contributed by atoms with Crippen LogP contribution in [-0.4, -0.2) is 20.9 Å². The molecule has 0 radical (unpaired) electrons. The summed E-state index contributed by atoms with van der Waals surface area (Å²) in [5, 5.41) is 12.7. The van der Waals surface area contributed by atoms with Crippen LogP contribution >= 0.6 is 0 Å². The maximum absolute atomic E-state index is 10.5. The van der Waals surface area contributed by atoms with E-state index in [1.165, 1.54) is 0 Å². The van der Waals surface area contributed by atoms with Gasteiger partial charge in [-0.3, -0.25) is 9.48 Å². The Bertz CT molecular complexity index is 333. The Labute approximate surface area is 88.9 Å². The molecule has 0 fully saturated rings. The fourth-order valence-corrected chi connectivity index (χ4v) is 1.35. The first-order valence-corrected chi connectivity index (χ1v) is 4.98. The van der Waals surface area contributed by atoms with Crippen LogP contribution in [0.4, 0.5) is 0 Å². The first-order chi connectivity index (χ1) is 6.99. The van der Waals surface area contributed by atoms with Gasteiger partial charge in [0.2, 0.25) is 0 Å². The fraction of sp³-hybridized carbons (Fsp3) is 0.600. The molecule has 0 saturated heterocycles. The molecule has 15 heavy (non-hydrogen) atoms. The third-order valence-corrected chi connectivity index (χ3v) is 2.03. The number of nitrogens with two attached hydrogens (primary N) is 1. The molecule has 5 nitrogen and oxygen atoms in total. The second kappa shape index (κ2) is 4.93. The lowest BCUT2D eigenvalue weighted by molar-refractivity contribution is -0.137. The Morgan fingerprint density at radius 3 is 2.87 bits per heavy atom. The largest absolute Gasteiger partial charge is 0.481 e. The molecule has 1 rings (SSSR count). The minimum Gasteiger partial charge on any atom is -0.481 e. The summed E-state index contributed by atoms with van der Waals surface area (Å²) >= 11 is 0. The number of carboxylic acids is 1. The topological polar surface area (TPSA) is 81.1 Å². The number of carboxylic acid groups (broad SMARTS) is 1. The highest BCUT2D eigenvalue weighted by atomic mass is 16.4. The zero-order chi connectivity index (χ0) is 11.4. The Hall–Kier alpha value is -1.36. The third kappa shape index (κ3) is 3.71. The normalized spacial score (nSPS) is 13.1. The zero-order valence-corrected chi connectivity index (χ0v) is 9.05. The van der Waals surface area contributed by atoms with Crippen molar-refractivity contribution in [3.05, 3.63) is 18.0 Å². The van der Waals surface area contributed by atoms with E-state index in [1.807, 2.05) is 6.20 Å². The lowest BCUT2D eigenvalue weighted by Crippen LogP contribution is -2.14. The van der Waals surface area contributed by atoms with Gasteiger partial charge in [0.1, 0.15) is 0 Å². The second-order valence-electron chi connectivity index (χ2n) is 4.09. The van der Waals surface area contributed by atoms with Crippen molar-refractivity contribution in [3.63, 3.8) is 0 Å². The number of nitrogens with zero attached hydrogens (tertiary/aromatic N) is 2. The molecule has 5 heteroatoms. The van der Waals surface area contributed by atoms with Gasteiger partial charge in [0, 0.05) is 24.3 Å². The van der Waals surface area contributed by atoms with Gasteiger partial charge in [0.25, 0.3) is 0 Å². The quantitative estimate of drug-likeness (QED) is 0.761. The average molecular weight is 211 g/mol. The van der Waals surface area contributed by atoms with Gasteiger partial charge in [0.15, 0.2) is 0 Å². The minimum absolute atomic E-state index is 0.0621. The molecular weight excluding hydrogens is 194 g/mol. The van der Waals surface area contributed by atoms with Crippen LogP contribution in [0.25, 0.3) is 0 Å². The van der Waals surface area contributed by atoms with Crippen LogP contribution in [0.2, 0.25) is 0 Å². The molecule has 0 aliphatic carbocycles. The number of carbonyl (C=O) groups is 1. The summed E-state index contributed by atoms with van der Waals surface area (Å²) in [7, 11) is 0. The van der Waals surface area contributed by atoms with Gasteiger partial charge in [0.05, 0.1) is 12.6 Å². The van der Waals surface area contributed by atoms with Gasteiger partial charge in [-0.2, -0.15) is 5.10 Å². The molecule has 1 aromatic heterocycles. The van der Waals surface area contributed by atoms with E-state index >= 15 is 0 Å². The summed E-state index contributed by atoms with van der Waals surface area (Å²) in [6.07, 6.45) is 3.39. The Kier molecular flexibility index (Phi) is 3.85. The summed E-state index contributed by atoms with van der Waals surface area (Å²) in [4.78, 5) is 10.5. The van der Waals surface area contributed by atoms with E-state index in [2.05, 4.69) is 18.9 Å². The molecule has 0 amide bonds. The minimum atomic E-state index is -0.890. The predicted molar refractivity (Wildman–Crippen MR) is 56.2 cm³/mol. The summed E-state index contributed by atoms with van der Waals surface area (Å²) in [6.45, 7) is 5.01. The molecule has 0 aliphatic heterocycles. The molecule has 3 N–H and O–H groups in total.